The van der Waals surface area contributed by atoms with Crippen molar-refractivity contribution in [2.24, 2.45) is 0 Å². The van der Waals surface area contributed by atoms with Crippen LogP contribution in [0.1, 0.15) is 13.3 Å². The van der Waals surface area contributed by atoms with Crippen molar-refractivity contribution < 1.29 is 21.3 Å². The van der Waals surface area contributed by atoms with Gasteiger partial charge in [-0.25, -0.2) is 0 Å². The molecule has 0 saturated heterocycles. The van der Waals surface area contributed by atoms with Crippen LogP contribution in [0.4, 0.5) is 0 Å². The second-order valence-corrected chi connectivity index (χ2v) is 5.49. The number of rotatable bonds is 9. The van der Waals surface area contributed by atoms with Crippen LogP contribution < -0.4 is 0 Å². The average molecular weight is 262 g/mol. The third-order valence-electron chi connectivity index (χ3n) is 1.04. The zero-order valence-electron chi connectivity index (χ0n) is 7.84. The van der Waals surface area contributed by atoms with Gasteiger partial charge in [0.2, 0.25) is 0 Å². The summed E-state index contributed by atoms with van der Waals surface area (Å²) in [6, 6.07) is 0. The van der Waals surface area contributed by atoms with Crippen molar-refractivity contribution in [1.82, 2.24) is 0 Å². The molecule has 1 N–H and O–H groups in total. The Balaban J connectivity index is 3.07. The maximum absolute atomic E-state index is 10.3. The Kier molecular flexibility index (Phi) is 9.14. The van der Waals surface area contributed by atoms with E-state index in [2.05, 4.69) is 0 Å². The van der Waals surface area contributed by atoms with Crippen molar-refractivity contribution in [3.63, 3.8) is 0 Å². The van der Waals surface area contributed by atoms with E-state index in [0.717, 1.165) is 12.3 Å². The predicted molar refractivity (Wildman–Crippen MR) is 58.7 cm³/mol. The van der Waals surface area contributed by atoms with Crippen molar-refractivity contribution in [2.75, 3.05) is 24.1 Å². The summed E-state index contributed by atoms with van der Waals surface area (Å²) in [7, 11) is -3.81. The molecule has 0 aliphatic carbocycles. The van der Waals surface area contributed by atoms with Crippen LogP contribution in [0.15, 0.2) is 0 Å². The molecule has 86 valence electrons. The highest BCUT2D eigenvalue weighted by molar-refractivity contribution is 7.99. The summed E-state index contributed by atoms with van der Waals surface area (Å²) in [5.74, 6) is 0.876. The van der Waals surface area contributed by atoms with E-state index in [1.165, 1.54) is 11.8 Å². The molecule has 0 spiro atoms. The Bertz CT molecular complexity index is 216. The predicted octanol–water partition coefficient (Wildman–Crippen LogP) is 1.57. The van der Waals surface area contributed by atoms with Gasteiger partial charge in [-0.2, -0.15) is 8.42 Å². The summed E-state index contributed by atoms with van der Waals surface area (Å²) in [6.45, 7) is 2.44. The summed E-state index contributed by atoms with van der Waals surface area (Å²) in [5, 5.41) is 0. The lowest BCUT2D eigenvalue weighted by Gasteiger charge is -2.00. The molecular weight excluding hydrogens is 248 g/mol. The van der Waals surface area contributed by atoms with Crippen LogP contribution in [0, 0.1) is 0 Å². The number of hydrogen-bond donors (Lipinski definition) is 1. The second-order valence-electron chi connectivity index (χ2n) is 2.26. The van der Waals surface area contributed by atoms with E-state index in [9.17, 15) is 8.42 Å². The van der Waals surface area contributed by atoms with Crippen molar-refractivity contribution in [2.45, 2.75) is 13.3 Å². The molecule has 0 heterocycles. The normalized spacial score (nSPS) is 11.9. The van der Waals surface area contributed by atoms with Gasteiger partial charge in [0.15, 0.2) is 12.3 Å². The third-order valence-corrected chi connectivity index (χ3v) is 3.40. The molecule has 0 amide bonds. The first-order chi connectivity index (χ1) is 6.56. The van der Waals surface area contributed by atoms with Crippen LogP contribution in [0.25, 0.3) is 0 Å². The van der Waals surface area contributed by atoms with E-state index in [4.69, 9.17) is 12.9 Å². The Hall–Kier alpha value is 0.530. The molecule has 8 heteroatoms. The van der Waals surface area contributed by atoms with Crippen LogP contribution in [0.2, 0.25) is 0 Å². The van der Waals surface area contributed by atoms with Crippen LogP contribution in [0.5, 0.6) is 0 Å². The van der Waals surface area contributed by atoms with Gasteiger partial charge in [0.1, 0.15) is 5.94 Å². The molecular formula is C6H14O5S3. The van der Waals surface area contributed by atoms with E-state index < -0.39 is 10.1 Å². The van der Waals surface area contributed by atoms with Gasteiger partial charge >= 0.3 is 0 Å². The van der Waals surface area contributed by atoms with Gasteiger partial charge in [-0.15, -0.1) is 11.8 Å². The highest BCUT2D eigenvalue weighted by atomic mass is 32.2. The van der Waals surface area contributed by atoms with E-state index in [1.807, 2.05) is 6.92 Å². The lowest BCUT2D eigenvalue weighted by Crippen LogP contribution is -2.04. The summed E-state index contributed by atoms with van der Waals surface area (Å²) in [4.78, 5) is 0. The first kappa shape index (κ1) is 14.5. The molecule has 0 atom stereocenters. The van der Waals surface area contributed by atoms with Gasteiger partial charge in [-0.05, 0) is 19.1 Å². The molecule has 0 unspecified atom stereocenters. The van der Waals surface area contributed by atoms with Crippen LogP contribution in [-0.2, 0) is 18.5 Å². The van der Waals surface area contributed by atoms with Gasteiger partial charge in [-0.3, -0.25) is 12.9 Å². The number of hydrogen-bond acceptors (Lipinski definition) is 6. The van der Waals surface area contributed by atoms with E-state index in [0.29, 0.717) is 24.7 Å². The molecule has 0 saturated carbocycles. The quantitative estimate of drug-likeness (QED) is 0.292. The Labute approximate surface area is 93.1 Å². The van der Waals surface area contributed by atoms with Crippen LogP contribution in [-0.4, -0.2) is 37.0 Å². The minimum absolute atomic E-state index is 0.196. The van der Waals surface area contributed by atoms with Crippen molar-refractivity contribution in [3.8, 4) is 0 Å². The molecule has 0 radical (unpaired) electrons. The third kappa shape index (κ3) is 12.5. The average Bonchev–Trinajstić information content (AvgIpc) is 2.08. The summed E-state index contributed by atoms with van der Waals surface area (Å²) >= 11 is 2.37. The fourth-order valence-corrected chi connectivity index (χ4v) is 2.29. The molecule has 0 aliphatic heterocycles. The van der Waals surface area contributed by atoms with E-state index in [1.54, 1.807) is 0 Å². The first-order valence-corrected chi connectivity index (χ1v) is 7.43. The Morgan fingerprint density at radius 2 is 2.07 bits per heavy atom. The maximum Gasteiger partial charge on any atom is 0.264 e. The lowest BCUT2D eigenvalue weighted by molar-refractivity contribution is 0.331. The minimum atomic E-state index is -3.81. The molecule has 14 heavy (non-hydrogen) atoms. The van der Waals surface area contributed by atoms with Gasteiger partial charge < -0.3 is 0 Å². The fraction of sp³-hybridized carbons (Fsp3) is 1.00. The molecule has 0 aromatic carbocycles. The zero-order chi connectivity index (χ0) is 10.9. The van der Waals surface area contributed by atoms with Crippen molar-refractivity contribution in [1.29, 1.82) is 0 Å². The van der Waals surface area contributed by atoms with Crippen LogP contribution in [0.3, 0.4) is 0 Å². The fourth-order valence-electron chi connectivity index (χ4n) is 0.538. The molecule has 0 aromatic heterocycles. The highest BCUT2D eigenvalue weighted by Gasteiger charge is 2.02. The van der Waals surface area contributed by atoms with Crippen molar-refractivity contribution >= 4 is 34.2 Å². The Morgan fingerprint density at radius 3 is 2.64 bits per heavy atom. The summed E-state index contributed by atoms with van der Waals surface area (Å²) in [6.07, 6.45) is 0.423. The van der Waals surface area contributed by atoms with Gasteiger partial charge in [-0.1, -0.05) is 0 Å². The standard InChI is InChI=1S/C6H14O5S3/c1-2-10-13-11-6-12-4-3-5-14(7,8)9/h2-6H2,1H3,(H,7,8,9). The van der Waals surface area contributed by atoms with Crippen LogP contribution >= 0.6 is 24.1 Å². The summed E-state index contributed by atoms with van der Waals surface area (Å²) < 4.78 is 38.8. The second kappa shape index (κ2) is 8.81. The summed E-state index contributed by atoms with van der Waals surface area (Å²) in [5.41, 5.74) is 0. The molecule has 0 bridgehead atoms. The first-order valence-electron chi connectivity index (χ1n) is 4.00. The Morgan fingerprint density at radius 1 is 1.36 bits per heavy atom. The number of thioether (sulfide) groups is 1. The molecule has 0 rings (SSSR count). The maximum atomic E-state index is 10.3. The molecule has 5 nitrogen and oxygen atoms in total. The molecule has 0 aromatic rings. The zero-order valence-corrected chi connectivity index (χ0v) is 10.3. The van der Waals surface area contributed by atoms with E-state index >= 15 is 0 Å². The smallest absolute Gasteiger partial charge is 0.264 e. The molecule has 0 aliphatic rings. The van der Waals surface area contributed by atoms with Gasteiger partial charge in [0, 0.05) is 0 Å². The SMILES string of the molecule is CCOSOCSCCCS(=O)(=O)O. The lowest BCUT2D eigenvalue weighted by atomic mass is 10.6. The van der Waals surface area contributed by atoms with Crippen molar-refractivity contribution in [3.05, 3.63) is 0 Å². The highest BCUT2D eigenvalue weighted by Crippen LogP contribution is 2.10. The van der Waals surface area contributed by atoms with E-state index in [-0.39, 0.29) is 5.75 Å². The van der Waals surface area contributed by atoms with Gasteiger partial charge in [0.05, 0.1) is 12.4 Å². The van der Waals surface area contributed by atoms with Gasteiger partial charge in [0.25, 0.3) is 10.1 Å². The topological polar surface area (TPSA) is 72.8 Å². The largest absolute Gasteiger partial charge is 0.292 e. The molecule has 0 fully saturated rings. The minimum Gasteiger partial charge on any atom is -0.292 e. The monoisotopic (exact) mass is 262 g/mol.